The van der Waals surface area contributed by atoms with Crippen molar-refractivity contribution in [1.82, 2.24) is 0 Å². The number of rotatable bonds is 4. The van der Waals surface area contributed by atoms with E-state index in [4.69, 9.17) is 11.6 Å². The second-order valence-corrected chi connectivity index (χ2v) is 6.65. The van der Waals surface area contributed by atoms with Crippen LogP contribution in [0.5, 0.6) is 0 Å². The van der Waals surface area contributed by atoms with Crippen LogP contribution < -0.4 is 0 Å². The molecule has 0 heterocycles. The third kappa shape index (κ3) is 2.80. The molecule has 1 N–H and O–H groups in total. The van der Waals surface area contributed by atoms with Crippen molar-refractivity contribution in [2.24, 2.45) is 17.8 Å². The molecule has 0 amide bonds. The molecule has 104 valence electrons. The maximum Gasteiger partial charge on any atom is 0.145 e. The Balaban J connectivity index is 1.59. The summed E-state index contributed by atoms with van der Waals surface area (Å²) in [5.74, 6) is 1.97. The quantitative estimate of drug-likeness (QED) is 0.877. The van der Waals surface area contributed by atoms with Gasteiger partial charge in [0.1, 0.15) is 5.82 Å². The first-order chi connectivity index (χ1) is 9.13. The lowest BCUT2D eigenvalue weighted by atomic mass is 9.84. The molecule has 2 aliphatic rings. The van der Waals surface area contributed by atoms with Gasteiger partial charge in [0.15, 0.2) is 0 Å². The van der Waals surface area contributed by atoms with E-state index in [2.05, 4.69) is 0 Å². The first-order valence-electron chi connectivity index (χ1n) is 7.24. The summed E-state index contributed by atoms with van der Waals surface area (Å²) in [5, 5.41) is 10.3. The molecule has 2 aliphatic carbocycles. The molecule has 19 heavy (non-hydrogen) atoms. The van der Waals surface area contributed by atoms with Crippen LogP contribution in [0.3, 0.4) is 0 Å². The van der Waals surface area contributed by atoms with E-state index in [1.165, 1.54) is 25.7 Å². The summed E-state index contributed by atoms with van der Waals surface area (Å²) in [6.07, 6.45) is 6.06. The lowest BCUT2D eigenvalue weighted by Crippen LogP contribution is -2.20. The maximum atomic E-state index is 13.8. The third-order valence-electron chi connectivity index (χ3n) is 4.95. The second kappa shape index (κ2) is 5.41. The fraction of sp³-hybridized carbons (Fsp3) is 0.625. The highest BCUT2D eigenvalue weighted by Gasteiger charge is 2.39. The fourth-order valence-corrected chi connectivity index (χ4v) is 4.25. The van der Waals surface area contributed by atoms with E-state index < -0.39 is 6.10 Å². The fourth-order valence-electron chi connectivity index (χ4n) is 4.06. The number of aliphatic hydroxyl groups excluding tert-OH is 1. The molecule has 1 aromatic carbocycles. The Morgan fingerprint density at radius 2 is 2.16 bits per heavy atom. The highest BCUT2D eigenvalue weighted by molar-refractivity contribution is 6.30. The molecule has 0 aromatic heterocycles. The van der Waals surface area contributed by atoms with Crippen LogP contribution >= 0.6 is 11.6 Å². The molecular formula is C16H20ClFO. The monoisotopic (exact) mass is 282 g/mol. The Morgan fingerprint density at radius 3 is 2.84 bits per heavy atom. The van der Waals surface area contributed by atoms with Crippen molar-refractivity contribution in [3.05, 3.63) is 34.6 Å². The Bertz CT molecular complexity index is 462. The number of halogens is 2. The van der Waals surface area contributed by atoms with Gasteiger partial charge in [-0.05, 0) is 55.1 Å². The van der Waals surface area contributed by atoms with E-state index in [1.807, 2.05) is 0 Å². The zero-order chi connectivity index (χ0) is 13.4. The predicted molar refractivity (Wildman–Crippen MR) is 74.7 cm³/mol. The summed E-state index contributed by atoms with van der Waals surface area (Å²) in [6, 6.07) is 5.00. The van der Waals surface area contributed by atoms with E-state index in [-0.39, 0.29) is 10.8 Å². The van der Waals surface area contributed by atoms with E-state index >= 15 is 0 Å². The normalized spacial score (nSPS) is 30.8. The third-order valence-corrected chi connectivity index (χ3v) is 5.24. The topological polar surface area (TPSA) is 20.2 Å². The van der Waals surface area contributed by atoms with E-state index in [0.717, 1.165) is 18.3 Å². The van der Waals surface area contributed by atoms with Crippen LogP contribution in [0, 0.1) is 23.6 Å². The van der Waals surface area contributed by atoms with Gasteiger partial charge in [0.25, 0.3) is 0 Å². The smallest absolute Gasteiger partial charge is 0.145 e. The van der Waals surface area contributed by atoms with Crippen LogP contribution in [0.4, 0.5) is 4.39 Å². The van der Waals surface area contributed by atoms with Gasteiger partial charge in [0, 0.05) is 6.42 Å². The average Bonchev–Trinajstić information content (AvgIpc) is 2.97. The number of hydrogen-bond donors (Lipinski definition) is 1. The molecule has 1 nitrogen and oxygen atoms in total. The lowest BCUT2D eigenvalue weighted by Gasteiger charge is -2.24. The van der Waals surface area contributed by atoms with Crippen molar-refractivity contribution in [1.29, 1.82) is 0 Å². The van der Waals surface area contributed by atoms with Crippen molar-refractivity contribution < 1.29 is 9.50 Å². The van der Waals surface area contributed by atoms with E-state index in [0.29, 0.717) is 17.9 Å². The van der Waals surface area contributed by atoms with Gasteiger partial charge in [-0.25, -0.2) is 4.39 Å². The predicted octanol–water partition coefficient (Wildman–Crippen LogP) is 4.21. The minimum Gasteiger partial charge on any atom is -0.393 e. The van der Waals surface area contributed by atoms with Crippen LogP contribution in [-0.2, 0) is 6.42 Å². The molecule has 0 spiro atoms. The van der Waals surface area contributed by atoms with Gasteiger partial charge in [-0.2, -0.15) is 0 Å². The molecule has 0 radical (unpaired) electrons. The summed E-state index contributed by atoms with van der Waals surface area (Å²) in [4.78, 5) is 0. The van der Waals surface area contributed by atoms with Crippen molar-refractivity contribution >= 4 is 11.6 Å². The molecule has 2 fully saturated rings. The van der Waals surface area contributed by atoms with Crippen molar-refractivity contribution in [3.8, 4) is 0 Å². The zero-order valence-corrected chi connectivity index (χ0v) is 11.7. The molecular weight excluding hydrogens is 263 g/mol. The first kappa shape index (κ1) is 13.4. The first-order valence-corrected chi connectivity index (χ1v) is 7.62. The highest BCUT2D eigenvalue weighted by atomic mass is 35.5. The Morgan fingerprint density at radius 1 is 1.32 bits per heavy atom. The molecule has 0 aliphatic heterocycles. The molecule has 4 unspecified atom stereocenters. The van der Waals surface area contributed by atoms with Crippen LogP contribution in [0.1, 0.15) is 37.7 Å². The number of aliphatic hydroxyl groups is 1. The summed E-state index contributed by atoms with van der Waals surface area (Å²) in [7, 11) is 0. The van der Waals surface area contributed by atoms with Crippen molar-refractivity contribution in [2.45, 2.75) is 44.6 Å². The Hall–Kier alpha value is -0.600. The molecule has 2 saturated carbocycles. The summed E-state index contributed by atoms with van der Waals surface area (Å²) >= 11 is 5.76. The van der Waals surface area contributed by atoms with Gasteiger partial charge in [0.05, 0.1) is 11.1 Å². The molecule has 3 rings (SSSR count). The van der Waals surface area contributed by atoms with Crippen LogP contribution in [0.25, 0.3) is 0 Å². The summed E-state index contributed by atoms with van der Waals surface area (Å²) < 4.78 is 13.8. The standard InChI is InChI=1S/C16H20ClFO/c17-15-3-1-2-12(16(15)18)8-14(19)9-13-7-10-4-5-11(13)6-10/h1-3,10-11,13-14,19H,4-9H2. The van der Waals surface area contributed by atoms with Gasteiger partial charge >= 0.3 is 0 Å². The minimum absolute atomic E-state index is 0.143. The van der Waals surface area contributed by atoms with Gasteiger partial charge in [-0.1, -0.05) is 30.2 Å². The Kier molecular flexibility index (Phi) is 3.81. The molecule has 3 heteroatoms. The zero-order valence-electron chi connectivity index (χ0n) is 11.0. The molecule has 0 saturated heterocycles. The van der Waals surface area contributed by atoms with Gasteiger partial charge < -0.3 is 5.11 Å². The molecule has 4 atom stereocenters. The van der Waals surface area contributed by atoms with E-state index in [1.54, 1.807) is 18.2 Å². The van der Waals surface area contributed by atoms with E-state index in [9.17, 15) is 9.50 Å². The minimum atomic E-state index is -0.447. The van der Waals surface area contributed by atoms with Crippen LogP contribution in [0.15, 0.2) is 18.2 Å². The lowest BCUT2D eigenvalue weighted by molar-refractivity contribution is 0.124. The highest BCUT2D eigenvalue weighted by Crippen LogP contribution is 2.50. The average molecular weight is 283 g/mol. The Labute approximate surface area is 118 Å². The van der Waals surface area contributed by atoms with Gasteiger partial charge in [-0.15, -0.1) is 0 Å². The number of fused-ring (bicyclic) bond motifs is 2. The summed E-state index contributed by atoms with van der Waals surface area (Å²) in [6.45, 7) is 0. The molecule has 2 bridgehead atoms. The van der Waals surface area contributed by atoms with Gasteiger partial charge in [-0.3, -0.25) is 0 Å². The van der Waals surface area contributed by atoms with Crippen LogP contribution in [-0.4, -0.2) is 11.2 Å². The number of benzene rings is 1. The number of hydrogen-bond acceptors (Lipinski definition) is 1. The SMILES string of the molecule is OC(Cc1cccc(Cl)c1F)CC1CC2CCC1C2. The molecule has 1 aromatic rings. The maximum absolute atomic E-state index is 13.8. The van der Waals surface area contributed by atoms with Crippen molar-refractivity contribution in [2.75, 3.05) is 0 Å². The van der Waals surface area contributed by atoms with Gasteiger partial charge in [0.2, 0.25) is 0 Å². The summed E-state index contributed by atoms with van der Waals surface area (Å²) in [5.41, 5.74) is 0.531. The van der Waals surface area contributed by atoms with Crippen LogP contribution in [0.2, 0.25) is 5.02 Å². The largest absolute Gasteiger partial charge is 0.393 e. The second-order valence-electron chi connectivity index (χ2n) is 6.24. The van der Waals surface area contributed by atoms with Crippen molar-refractivity contribution in [3.63, 3.8) is 0 Å².